The number of ether oxygens (including phenoxy) is 1. The zero-order valence-electron chi connectivity index (χ0n) is 17.2. The van der Waals surface area contributed by atoms with Crippen molar-refractivity contribution in [2.24, 2.45) is 0 Å². The first-order chi connectivity index (χ1) is 14.1. The number of cyclic esters (lactones) is 1. The maximum absolute atomic E-state index is 14.9. The minimum Gasteiger partial charge on any atom is -0.442 e. The molecular weight excluding hydrogens is 398 g/mol. The Balaban J connectivity index is 1.69. The molecule has 10 heteroatoms. The van der Waals surface area contributed by atoms with Gasteiger partial charge < -0.3 is 20.3 Å². The highest BCUT2D eigenvalue weighted by Crippen LogP contribution is 2.35. The minimum atomic E-state index is -1.81. The van der Waals surface area contributed by atoms with E-state index in [2.05, 4.69) is 10.6 Å². The molecule has 2 aliphatic heterocycles. The predicted octanol–water partition coefficient (Wildman–Crippen LogP) is 2.08. The summed E-state index contributed by atoms with van der Waals surface area (Å²) in [4.78, 5) is 37.4. The van der Waals surface area contributed by atoms with Crippen molar-refractivity contribution in [2.45, 2.75) is 51.6 Å². The van der Waals surface area contributed by atoms with Gasteiger partial charge in [-0.25, -0.2) is 13.6 Å². The molecule has 8 nitrogen and oxygen atoms in total. The van der Waals surface area contributed by atoms with Crippen molar-refractivity contribution in [2.75, 3.05) is 29.4 Å². The number of piperidine rings is 1. The van der Waals surface area contributed by atoms with Crippen LogP contribution in [0.5, 0.6) is 0 Å². The van der Waals surface area contributed by atoms with Gasteiger partial charge in [0.1, 0.15) is 11.9 Å². The first-order valence-electron chi connectivity index (χ1n) is 9.84. The van der Waals surface area contributed by atoms with Gasteiger partial charge in [0.15, 0.2) is 5.79 Å². The van der Waals surface area contributed by atoms with Gasteiger partial charge in [0.05, 0.1) is 24.5 Å². The molecule has 0 bridgehead atoms. The molecular formula is C20H26F2N4O4. The number of alkyl halides is 1. The van der Waals surface area contributed by atoms with Crippen LogP contribution in [0.1, 0.15) is 33.6 Å². The van der Waals surface area contributed by atoms with E-state index in [1.807, 2.05) is 0 Å². The van der Waals surface area contributed by atoms with Crippen LogP contribution < -0.4 is 20.4 Å². The third-order valence-corrected chi connectivity index (χ3v) is 5.31. The molecule has 0 spiro atoms. The maximum Gasteiger partial charge on any atom is 0.414 e. The Morgan fingerprint density at radius 2 is 2.03 bits per heavy atom. The van der Waals surface area contributed by atoms with Crippen molar-refractivity contribution in [3.8, 4) is 0 Å². The van der Waals surface area contributed by atoms with Crippen molar-refractivity contribution in [1.82, 2.24) is 10.6 Å². The number of rotatable bonds is 5. The highest BCUT2D eigenvalue weighted by atomic mass is 19.1. The van der Waals surface area contributed by atoms with Crippen molar-refractivity contribution >= 4 is 29.3 Å². The molecule has 1 aromatic rings. The van der Waals surface area contributed by atoms with Gasteiger partial charge in [0, 0.05) is 39.3 Å². The van der Waals surface area contributed by atoms with Gasteiger partial charge in [-0.15, -0.1) is 0 Å². The number of anilines is 2. The van der Waals surface area contributed by atoms with Gasteiger partial charge in [-0.05, 0) is 25.1 Å². The molecule has 3 amide bonds. The summed E-state index contributed by atoms with van der Waals surface area (Å²) in [7, 11) is 0. The van der Waals surface area contributed by atoms with Gasteiger partial charge >= 0.3 is 6.09 Å². The third-order valence-electron chi connectivity index (χ3n) is 5.31. The number of carbonyl (C=O) groups is 3. The van der Waals surface area contributed by atoms with E-state index < -0.39 is 29.7 Å². The number of amides is 3. The summed E-state index contributed by atoms with van der Waals surface area (Å²) in [5.41, 5.74) is 0.646. The third kappa shape index (κ3) is 4.80. The lowest BCUT2D eigenvalue weighted by Crippen LogP contribution is -2.55. The van der Waals surface area contributed by atoms with E-state index in [1.54, 1.807) is 24.0 Å². The number of hydrogen-bond donors (Lipinski definition) is 2. The minimum absolute atomic E-state index is 0.0387. The number of halogens is 2. The van der Waals surface area contributed by atoms with Crippen LogP contribution in [-0.4, -0.2) is 55.5 Å². The predicted molar refractivity (Wildman–Crippen MR) is 106 cm³/mol. The summed E-state index contributed by atoms with van der Waals surface area (Å²) < 4.78 is 34.9. The Kier molecular flexibility index (Phi) is 6.14. The molecule has 2 heterocycles. The Morgan fingerprint density at radius 1 is 1.30 bits per heavy atom. The molecule has 0 aliphatic carbocycles. The van der Waals surface area contributed by atoms with E-state index in [-0.39, 0.29) is 44.4 Å². The zero-order valence-corrected chi connectivity index (χ0v) is 17.2. The summed E-state index contributed by atoms with van der Waals surface area (Å²) in [6.45, 7) is 5.02. The molecule has 2 saturated heterocycles. The van der Waals surface area contributed by atoms with Crippen molar-refractivity contribution in [1.29, 1.82) is 0 Å². The van der Waals surface area contributed by atoms with E-state index in [0.29, 0.717) is 11.4 Å². The fourth-order valence-electron chi connectivity index (χ4n) is 3.98. The summed E-state index contributed by atoms with van der Waals surface area (Å²) >= 11 is 0. The molecule has 2 N–H and O–H groups in total. The zero-order chi connectivity index (χ0) is 22.1. The summed E-state index contributed by atoms with van der Waals surface area (Å²) in [6.07, 6.45) is -1.04. The smallest absolute Gasteiger partial charge is 0.414 e. The summed E-state index contributed by atoms with van der Waals surface area (Å²) in [5, 5.41) is 4.92. The lowest BCUT2D eigenvalue weighted by Gasteiger charge is -2.42. The summed E-state index contributed by atoms with van der Waals surface area (Å²) in [6, 6.07) is 4.07. The van der Waals surface area contributed by atoms with E-state index in [0.717, 1.165) is 0 Å². The van der Waals surface area contributed by atoms with Gasteiger partial charge in [0.2, 0.25) is 11.8 Å². The Bertz CT molecular complexity index is 852. The van der Waals surface area contributed by atoms with Crippen LogP contribution in [0.25, 0.3) is 0 Å². The monoisotopic (exact) mass is 424 g/mol. The van der Waals surface area contributed by atoms with Crippen molar-refractivity contribution < 1.29 is 27.9 Å². The number of nitrogens with one attached hydrogen (secondary N) is 2. The van der Waals surface area contributed by atoms with Crippen LogP contribution in [-0.2, 0) is 14.3 Å². The summed E-state index contributed by atoms with van der Waals surface area (Å²) in [5.74, 6) is -3.02. The normalized spacial score (nSPS) is 26.4. The first kappa shape index (κ1) is 21.8. The molecule has 0 saturated carbocycles. The molecule has 3 unspecified atom stereocenters. The SMILES string of the molecule is CC(=O)NCC1CN(c2ccc(N3CCC(F)(NC(C)=O)CC3C)c(F)c2)C(=O)O1. The van der Waals surface area contributed by atoms with Gasteiger partial charge in [-0.3, -0.25) is 14.5 Å². The van der Waals surface area contributed by atoms with Crippen molar-refractivity contribution in [3.63, 3.8) is 0 Å². The highest BCUT2D eigenvalue weighted by Gasteiger charge is 2.40. The number of nitrogens with zero attached hydrogens (tertiary/aromatic N) is 2. The lowest BCUT2D eigenvalue weighted by molar-refractivity contribution is -0.124. The molecule has 2 fully saturated rings. The molecule has 2 aliphatic rings. The highest BCUT2D eigenvalue weighted by molar-refractivity contribution is 5.90. The molecule has 3 atom stereocenters. The van der Waals surface area contributed by atoms with Crippen molar-refractivity contribution in [3.05, 3.63) is 24.0 Å². The van der Waals surface area contributed by atoms with Crippen LogP contribution in [0.15, 0.2) is 18.2 Å². The maximum atomic E-state index is 14.9. The van der Waals surface area contributed by atoms with Crippen LogP contribution in [0, 0.1) is 5.82 Å². The molecule has 164 valence electrons. The Morgan fingerprint density at radius 3 is 2.63 bits per heavy atom. The quantitative estimate of drug-likeness (QED) is 0.707. The lowest BCUT2D eigenvalue weighted by atomic mass is 9.95. The number of carbonyl (C=O) groups excluding carboxylic acids is 3. The average Bonchev–Trinajstić information content (AvgIpc) is 3.00. The van der Waals surface area contributed by atoms with Crippen LogP contribution >= 0.6 is 0 Å². The van der Waals surface area contributed by atoms with E-state index in [9.17, 15) is 23.2 Å². The second-order valence-electron chi connectivity index (χ2n) is 7.83. The van der Waals surface area contributed by atoms with E-state index >= 15 is 0 Å². The van der Waals surface area contributed by atoms with Crippen LogP contribution in [0.3, 0.4) is 0 Å². The first-order valence-corrected chi connectivity index (χ1v) is 9.84. The second-order valence-corrected chi connectivity index (χ2v) is 7.83. The fraction of sp³-hybridized carbons (Fsp3) is 0.550. The largest absolute Gasteiger partial charge is 0.442 e. The van der Waals surface area contributed by atoms with Crippen LogP contribution in [0.2, 0.25) is 0 Å². The van der Waals surface area contributed by atoms with Gasteiger partial charge in [0.25, 0.3) is 0 Å². The average molecular weight is 424 g/mol. The van der Waals surface area contributed by atoms with Crippen LogP contribution in [0.4, 0.5) is 25.0 Å². The van der Waals surface area contributed by atoms with E-state index in [4.69, 9.17) is 4.74 Å². The molecule has 30 heavy (non-hydrogen) atoms. The molecule has 0 radical (unpaired) electrons. The Hall–Kier alpha value is -2.91. The second kappa shape index (κ2) is 8.45. The fourth-order valence-corrected chi connectivity index (χ4v) is 3.98. The number of hydrogen-bond acceptors (Lipinski definition) is 5. The standard InChI is InChI=1S/C20H26F2N4O4/c1-12-9-20(22,24-14(3)28)6-7-25(12)18-5-4-15(8-17(18)21)26-11-16(30-19(26)29)10-23-13(2)27/h4-5,8,12,16H,6-7,9-11H2,1-3H3,(H,23,27)(H,24,28). The molecule has 3 rings (SSSR count). The van der Waals surface area contributed by atoms with Gasteiger partial charge in [-0.1, -0.05) is 0 Å². The van der Waals surface area contributed by atoms with E-state index in [1.165, 1.54) is 24.8 Å². The topological polar surface area (TPSA) is 91.0 Å². The van der Waals surface area contributed by atoms with Gasteiger partial charge in [-0.2, -0.15) is 0 Å². The number of benzene rings is 1. The molecule has 1 aromatic carbocycles. The molecule has 0 aromatic heterocycles. The Labute approximate surface area is 173 Å².